The highest BCUT2D eigenvalue weighted by Crippen LogP contribution is 2.18. The maximum Gasteiger partial charge on any atom is 0.225 e. The van der Waals surface area contributed by atoms with Crippen molar-refractivity contribution in [1.29, 1.82) is 0 Å². The summed E-state index contributed by atoms with van der Waals surface area (Å²) in [6.07, 6.45) is 5.60. The van der Waals surface area contributed by atoms with Gasteiger partial charge < -0.3 is 15.1 Å². The van der Waals surface area contributed by atoms with Crippen LogP contribution in [0.3, 0.4) is 0 Å². The summed E-state index contributed by atoms with van der Waals surface area (Å²) < 4.78 is 0. The minimum absolute atomic E-state index is 0.521. The molecule has 1 aliphatic heterocycles. The van der Waals surface area contributed by atoms with Crippen LogP contribution in [0.4, 0.5) is 5.95 Å². The van der Waals surface area contributed by atoms with Crippen LogP contribution in [0.1, 0.15) is 37.4 Å². The Bertz CT molecular complexity index is 448. The molecule has 5 nitrogen and oxygen atoms in total. The highest BCUT2D eigenvalue weighted by molar-refractivity contribution is 5.33. The lowest BCUT2D eigenvalue weighted by Gasteiger charge is -2.35. The first-order chi connectivity index (χ1) is 10.1. The van der Waals surface area contributed by atoms with E-state index < -0.39 is 0 Å². The predicted molar refractivity (Wildman–Crippen MR) is 87.7 cm³/mol. The van der Waals surface area contributed by atoms with Gasteiger partial charge >= 0.3 is 0 Å². The molecule has 1 unspecified atom stereocenters. The number of rotatable bonds is 6. The van der Waals surface area contributed by atoms with Crippen molar-refractivity contribution in [3.63, 3.8) is 0 Å². The molecule has 5 heteroatoms. The molecule has 118 valence electrons. The molecule has 1 aromatic rings. The molecule has 0 radical (unpaired) electrons. The number of hydrogen-bond donors (Lipinski definition) is 1. The molecule has 0 aliphatic carbocycles. The van der Waals surface area contributed by atoms with Crippen molar-refractivity contribution in [2.75, 3.05) is 38.6 Å². The van der Waals surface area contributed by atoms with Crippen molar-refractivity contribution < 1.29 is 0 Å². The van der Waals surface area contributed by atoms with Crippen LogP contribution in [0.15, 0.2) is 6.20 Å². The van der Waals surface area contributed by atoms with E-state index in [1.807, 2.05) is 6.20 Å². The van der Waals surface area contributed by atoms with Gasteiger partial charge in [-0.15, -0.1) is 0 Å². The molecule has 0 spiro atoms. The van der Waals surface area contributed by atoms with Gasteiger partial charge in [0.25, 0.3) is 0 Å². The SMILES string of the molecule is CCCNCc1cnc(N(C)C2CCCN(C)C2)nc1C. The van der Waals surface area contributed by atoms with Crippen molar-refractivity contribution >= 4 is 5.95 Å². The standard InChI is InChI=1S/C16H29N5/c1-5-8-17-10-14-11-18-16(19-13(14)2)21(4)15-7-6-9-20(3)12-15/h11,15,17H,5-10,12H2,1-4H3. The number of likely N-dealkylation sites (N-methyl/N-ethyl adjacent to an activating group) is 2. The average Bonchev–Trinajstić information content (AvgIpc) is 2.48. The highest BCUT2D eigenvalue weighted by Gasteiger charge is 2.23. The van der Waals surface area contributed by atoms with Crippen LogP contribution in [-0.2, 0) is 6.54 Å². The second kappa shape index (κ2) is 7.71. The van der Waals surface area contributed by atoms with E-state index in [1.165, 1.54) is 24.9 Å². The van der Waals surface area contributed by atoms with E-state index in [-0.39, 0.29) is 0 Å². The Labute approximate surface area is 128 Å². The fraction of sp³-hybridized carbons (Fsp3) is 0.750. The molecule has 2 rings (SSSR count). The zero-order chi connectivity index (χ0) is 15.2. The summed E-state index contributed by atoms with van der Waals surface area (Å²) in [7, 11) is 4.31. The summed E-state index contributed by atoms with van der Waals surface area (Å²) in [4.78, 5) is 13.9. The summed E-state index contributed by atoms with van der Waals surface area (Å²) in [6, 6.07) is 0.521. The van der Waals surface area contributed by atoms with Crippen LogP contribution in [0.5, 0.6) is 0 Å². The van der Waals surface area contributed by atoms with Crippen LogP contribution in [0.2, 0.25) is 0 Å². The van der Waals surface area contributed by atoms with Crippen molar-refractivity contribution in [3.8, 4) is 0 Å². The lowest BCUT2D eigenvalue weighted by molar-refractivity contribution is 0.247. The van der Waals surface area contributed by atoms with E-state index >= 15 is 0 Å². The number of nitrogens with one attached hydrogen (secondary N) is 1. The van der Waals surface area contributed by atoms with Gasteiger partial charge in [-0.25, -0.2) is 9.97 Å². The Morgan fingerprint density at radius 1 is 1.48 bits per heavy atom. The van der Waals surface area contributed by atoms with Crippen molar-refractivity contribution in [2.45, 2.75) is 45.7 Å². The molecular formula is C16H29N5. The molecule has 0 amide bonds. The van der Waals surface area contributed by atoms with Crippen LogP contribution < -0.4 is 10.2 Å². The summed E-state index contributed by atoms with van der Waals surface area (Å²) >= 11 is 0. The van der Waals surface area contributed by atoms with Gasteiger partial charge in [0.1, 0.15) is 0 Å². The molecule has 1 saturated heterocycles. The molecule has 0 saturated carbocycles. The second-order valence-electron chi connectivity index (χ2n) is 6.13. The van der Waals surface area contributed by atoms with E-state index in [2.05, 4.69) is 48.0 Å². The molecule has 0 aromatic carbocycles. The fourth-order valence-corrected chi connectivity index (χ4v) is 2.84. The third-order valence-electron chi connectivity index (χ3n) is 4.27. The minimum Gasteiger partial charge on any atom is -0.340 e. The van der Waals surface area contributed by atoms with Gasteiger partial charge in [-0.2, -0.15) is 0 Å². The molecule has 1 atom stereocenters. The molecule has 2 heterocycles. The Hall–Kier alpha value is -1.20. The lowest BCUT2D eigenvalue weighted by atomic mass is 10.1. The normalized spacial score (nSPS) is 19.7. The zero-order valence-electron chi connectivity index (χ0n) is 13.9. The van der Waals surface area contributed by atoms with Crippen LogP contribution in [0.25, 0.3) is 0 Å². The maximum atomic E-state index is 4.71. The number of nitrogens with zero attached hydrogens (tertiary/aromatic N) is 4. The van der Waals surface area contributed by atoms with Crippen LogP contribution >= 0.6 is 0 Å². The monoisotopic (exact) mass is 291 g/mol. The van der Waals surface area contributed by atoms with Crippen molar-refractivity contribution in [1.82, 2.24) is 20.2 Å². The summed E-state index contributed by atoms with van der Waals surface area (Å²) in [6.45, 7) is 8.45. The predicted octanol–water partition coefficient (Wildman–Crippen LogP) is 1.82. The third kappa shape index (κ3) is 4.38. The molecule has 1 aliphatic rings. The number of aromatic nitrogens is 2. The maximum absolute atomic E-state index is 4.71. The Kier molecular flexibility index (Phi) is 5.94. The molecule has 1 aromatic heterocycles. The number of anilines is 1. The van der Waals surface area contributed by atoms with E-state index in [0.717, 1.165) is 37.7 Å². The number of aryl methyl sites for hydroxylation is 1. The smallest absolute Gasteiger partial charge is 0.225 e. The average molecular weight is 291 g/mol. The molecule has 21 heavy (non-hydrogen) atoms. The number of piperidine rings is 1. The summed E-state index contributed by atoms with van der Waals surface area (Å²) in [5.74, 6) is 0.854. The van der Waals surface area contributed by atoms with E-state index in [4.69, 9.17) is 4.98 Å². The summed E-state index contributed by atoms with van der Waals surface area (Å²) in [5.41, 5.74) is 2.28. The van der Waals surface area contributed by atoms with Gasteiger partial charge in [0.2, 0.25) is 5.95 Å². The van der Waals surface area contributed by atoms with E-state index in [1.54, 1.807) is 0 Å². The minimum atomic E-state index is 0.521. The number of likely N-dealkylation sites (tertiary alicyclic amines) is 1. The molecule has 0 bridgehead atoms. The molecule has 1 fully saturated rings. The van der Waals surface area contributed by atoms with Crippen LogP contribution in [-0.4, -0.2) is 54.6 Å². The largest absolute Gasteiger partial charge is 0.340 e. The van der Waals surface area contributed by atoms with Gasteiger partial charge in [0.15, 0.2) is 0 Å². The van der Waals surface area contributed by atoms with Gasteiger partial charge in [-0.3, -0.25) is 0 Å². The third-order valence-corrected chi connectivity index (χ3v) is 4.27. The van der Waals surface area contributed by atoms with Crippen LogP contribution in [0, 0.1) is 6.92 Å². The quantitative estimate of drug-likeness (QED) is 0.810. The Morgan fingerprint density at radius 3 is 2.95 bits per heavy atom. The highest BCUT2D eigenvalue weighted by atomic mass is 15.3. The molecular weight excluding hydrogens is 262 g/mol. The first kappa shape index (κ1) is 16.2. The fourth-order valence-electron chi connectivity index (χ4n) is 2.84. The van der Waals surface area contributed by atoms with Crippen molar-refractivity contribution in [2.24, 2.45) is 0 Å². The van der Waals surface area contributed by atoms with E-state index in [0.29, 0.717) is 6.04 Å². The Balaban J connectivity index is 2.01. The van der Waals surface area contributed by atoms with Gasteiger partial charge in [0, 0.05) is 43.6 Å². The topological polar surface area (TPSA) is 44.3 Å². The van der Waals surface area contributed by atoms with Gasteiger partial charge in [-0.05, 0) is 46.3 Å². The van der Waals surface area contributed by atoms with Gasteiger partial charge in [0.05, 0.1) is 0 Å². The van der Waals surface area contributed by atoms with E-state index in [9.17, 15) is 0 Å². The second-order valence-corrected chi connectivity index (χ2v) is 6.13. The van der Waals surface area contributed by atoms with Crippen molar-refractivity contribution in [3.05, 3.63) is 17.5 Å². The Morgan fingerprint density at radius 2 is 2.29 bits per heavy atom. The zero-order valence-corrected chi connectivity index (χ0v) is 13.9. The van der Waals surface area contributed by atoms with Gasteiger partial charge in [-0.1, -0.05) is 6.92 Å². The number of hydrogen-bond acceptors (Lipinski definition) is 5. The first-order valence-electron chi connectivity index (χ1n) is 8.06. The summed E-state index contributed by atoms with van der Waals surface area (Å²) in [5, 5.41) is 3.41. The molecule has 1 N–H and O–H groups in total. The first-order valence-corrected chi connectivity index (χ1v) is 8.06. The lowest BCUT2D eigenvalue weighted by Crippen LogP contribution is -2.45.